The summed E-state index contributed by atoms with van der Waals surface area (Å²) in [4.78, 5) is 12.8. The number of rotatable bonds is 3. The summed E-state index contributed by atoms with van der Waals surface area (Å²) in [6.07, 6.45) is 0.647. The summed E-state index contributed by atoms with van der Waals surface area (Å²) in [5, 5.41) is 0. The van der Waals surface area contributed by atoms with Gasteiger partial charge in [-0.1, -0.05) is 48.0 Å². The first-order valence-corrected chi connectivity index (χ1v) is 6.59. The average molecular weight is 307 g/mol. The Labute approximate surface area is 115 Å². The lowest BCUT2D eigenvalue weighted by molar-refractivity contribution is 0.742. The third kappa shape index (κ3) is 3.04. The van der Waals surface area contributed by atoms with E-state index in [0.717, 1.165) is 15.9 Å². The maximum absolute atomic E-state index is 5.71. The second-order valence-corrected chi connectivity index (χ2v) is 5.25. The molecule has 0 aliphatic carbocycles. The number of halogens is 1. The second kappa shape index (κ2) is 5.44. The van der Waals surface area contributed by atoms with Gasteiger partial charge >= 0.3 is 0 Å². The Morgan fingerprint density at radius 3 is 2.56 bits per heavy atom. The van der Waals surface area contributed by atoms with Gasteiger partial charge in [0.2, 0.25) is 5.95 Å². The van der Waals surface area contributed by atoms with Crippen LogP contribution < -0.4 is 5.73 Å². The Kier molecular flexibility index (Phi) is 3.91. The van der Waals surface area contributed by atoms with E-state index in [0.29, 0.717) is 12.2 Å². The lowest BCUT2D eigenvalue weighted by Gasteiger charge is -2.08. The molecule has 0 atom stereocenters. The molecule has 18 heavy (non-hydrogen) atoms. The highest BCUT2D eigenvalue weighted by Crippen LogP contribution is 2.19. The van der Waals surface area contributed by atoms with Crippen molar-refractivity contribution in [2.24, 2.45) is 0 Å². The second-order valence-electron chi connectivity index (χ2n) is 4.39. The SMILES string of the molecule is CC(C)c1nc(N)nc(Cc2ccccc2Br)n1. The molecule has 0 spiro atoms. The van der Waals surface area contributed by atoms with Crippen LogP contribution in [-0.2, 0) is 6.42 Å². The molecular formula is C13H15BrN4. The van der Waals surface area contributed by atoms with Crippen molar-refractivity contribution < 1.29 is 0 Å². The van der Waals surface area contributed by atoms with Crippen LogP contribution in [-0.4, -0.2) is 15.0 Å². The first kappa shape index (κ1) is 13.0. The van der Waals surface area contributed by atoms with Gasteiger partial charge in [0, 0.05) is 16.8 Å². The molecule has 0 bridgehead atoms. The summed E-state index contributed by atoms with van der Waals surface area (Å²) < 4.78 is 1.05. The zero-order valence-electron chi connectivity index (χ0n) is 10.4. The van der Waals surface area contributed by atoms with Gasteiger partial charge in [0.25, 0.3) is 0 Å². The smallest absolute Gasteiger partial charge is 0.223 e. The molecule has 0 amide bonds. The Balaban J connectivity index is 2.32. The van der Waals surface area contributed by atoms with Gasteiger partial charge < -0.3 is 5.73 Å². The van der Waals surface area contributed by atoms with Crippen molar-refractivity contribution in [3.8, 4) is 0 Å². The molecule has 4 nitrogen and oxygen atoms in total. The van der Waals surface area contributed by atoms with Crippen LogP contribution in [0.3, 0.4) is 0 Å². The quantitative estimate of drug-likeness (QED) is 0.947. The van der Waals surface area contributed by atoms with Crippen molar-refractivity contribution in [1.29, 1.82) is 0 Å². The fourth-order valence-corrected chi connectivity index (χ4v) is 2.03. The standard InChI is InChI=1S/C13H15BrN4/c1-8(2)12-16-11(17-13(15)18-12)7-9-5-3-4-6-10(9)14/h3-6,8H,7H2,1-2H3,(H2,15,16,17,18). The maximum atomic E-state index is 5.71. The lowest BCUT2D eigenvalue weighted by Crippen LogP contribution is -2.09. The monoisotopic (exact) mass is 306 g/mol. The average Bonchev–Trinajstić information content (AvgIpc) is 2.31. The van der Waals surface area contributed by atoms with Crippen molar-refractivity contribution in [1.82, 2.24) is 15.0 Å². The largest absolute Gasteiger partial charge is 0.368 e. The van der Waals surface area contributed by atoms with Gasteiger partial charge in [-0.25, -0.2) is 4.98 Å². The Morgan fingerprint density at radius 2 is 1.89 bits per heavy atom. The number of hydrogen-bond acceptors (Lipinski definition) is 4. The first-order chi connectivity index (χ1) is 8.56. The molecule has 2 N–H and O–H groups in total. The minimum absolute atomic E-state index is 0.244. The topological polar surface area (TPSA) is 64.7 Å². The summed E-state index contributed by atoms with van der Waals surface area (Å²) in [6.45, 7) is 4.08. The molecule has 1 aromatic heterocycles. The maximum Gasteiger partial charge on any atom is 0.223 e. The number of hydrogen-bond donors (Lipinski definition) is 1. The van der Waals surface area contributed by atoms with Gasteiger partial charge in [0.05, 0.1) is 0 Å². The van der Waals surface area contributed by atoms with Crippen LogP contribution >= 0.6 is 15.9 Å². The van der Waals surface area contributed by atoms with Crippen molar-refractivity contribution in [3.05, 3.63) is 46.0 Å². The van der Waals surface area contributed by atoms with Gasteiger partial charge in [-0.2, -0.15) is 9.97 Å². The minimum atomic E-state index is 0.244. The number of nitrogens with two attached hydrogens (primary N) is 1. The molecule has 5 heteroatoms. The molecule has 0 radical (unpaired) electrons. The fraction of sp³-hybridized carbons (Fsp3) is 0.308. The number of anilines is 1. The van der Waals surface area contributed by atoms with Crippen LogP contribution in [0, 0.1) is 0 Å². The van der Waals surface area contributed by atoms with Crippen molar-refractivity contribution in [2.75, 3.05) is 5.73 Å². The lowest BCUT2D eigenvalue weighted by atomic mass is 10.1. The predicted octanol–water partition coefficient (Wildman–Crippen LogP) is 2.93. The summed E-state index contributed by atoms with van der Waals surface area (Å²) in [6, 6.07) is 8.02. The van der Waals surface area contributed by atoms with E-state index < -0.39 is 0 Å². The molecule has 0 saturated carbocycles. The number of nitrogens with zero attached hydrogens (tertiary/aromatic N) is 3. The third-order valence-electron chi connectivity index (χ3n) is 2.54. The van der Waals surface area contributed by atoms with Crippen molar-refractivity contribution in [2.45, 2.75) is 26.2 Å². The predicted molar refractivity (Wildman–Crippen MR) is 75.3 cm³/mol. The summed E-state index contributed by atoms with van der Waals surface area (Å²) >= 11 is 3.52. The van der Waals surface area contributed by atoms with Crippen LogP contribution in [0.1, 0.15) is 37.0 Å². The molecule has 2 aromatic rings. The normalized spacial score (nSPS) is 10.9. The number of benzene rings is 1. The van der Waals surface area contributed by atoms with Crippen LogP contribution in [0.2, 0.25) is 0 Å². The van der Waals surface area contributed by atoms with Crippen molar-refractivity contribution >= 4 is 21.9 Å². The molecule has 0 saturated heterocycles. The molecule has 1 heterocycles. The Hall–Kier alpha value is -1.49. The zero-order valence-corrected chi connectivity index (χ0v) is 12.0. The van der Waals surface area contributed by atoms with E-state index in [1.807, 2.05) is 38.1 Å². The highest BCUT2D eigenvalue weighted by atomic mass is 79.9. The van der Waals surface area contributed by atoms with Gasteiger partial charge in [0.1, 0.15) is 11.6 Å². The van der Waals surface area contributed by atoms with E-state index >= 15 is 0 Å². The van der Waals surface area contributed by atoms with Crippen LogP contribution in [0.25, 0.3) is 0 Å². The molecule has 0 aliphatic rings. The van der Waals surface area contributed by atoms with Crippen LogP contribution in [0.5, 0.6) is 0 Å². The Bertz CT molecular complexity index is 554. The van der Waals surface area contributed by atoms with Crippen LogP contribution in [0.15, 0.2) is 28.7 Å². The molecule has 2 rings (SSSR count). The molecule has 0 unspecified atom stereocenters. The summed E-state index contributed by atoms with van der Waals surface area (Å²) in [5.74, 6) is 1.98. The van der Waals surface area contributed by atoms with E-state index in [1.165, 1.54) is 0 Å². The van der Waals surface area contributed by atoms with Gasteiger partial charge in [-0.3, -0.25) is 0 Å². The van der Waals surface area contributed by atoms with Crippen molar-refractivity contribution in [3.63, 3.8) is 0 Å². The van der Waals surface area contributed by atoms with Gasteiger partial charge in [-0.05, 0) is 11.6 Å². The van der Waals surface area contributed by atoms with E-state index in [9.17, 15) is 0 Å². The number of aromatic nitrogens is 3. The zero-order chi connectivity index (χ0) is 13.1. The molecule has 0 fully saturated rings. The fourth-order valence-electron chi connectivity index (χ4n) is 1.61. The molecule has 1 aromatic carbocycles. The third-order valence-corrected chi connectivity index (χ3v) is 3.31. The van der Waals surface area contributed by atoms with E-state index in [-0.39, 0.29) is 11.9 Å². The highest BCUT2D eigenvalue weighted by Gasteiger charge is 2.09. The van der Waals surface area contributed by atoms with Gasteiger partial charge in [0.15, 0.2) is 0 Å². The van der Waals surface area contributed by atoms with Crippen LogP contribution in [0.4, 0.5) is 5.95 Å². The minimum Gasteiger partial charge on any atom is -0.368 e. The van der Waals surface area contributed by atoms with E-state index in [1.54, 1.807) is 0 Å². The van der Waals surface area contributed by atoms with Gasteiger partial charge in [-0.15, -0.1) is 0 Å². The van der Waals surface area contributed by atoms with E-state index in [4.69, 9.17) is 5.73 Å². The Morgan fingerprint density at radius 1 is 1.17 bits per heavy atom. The first-order valence-electron chi connectivity index (χ1n) is 5.80. The molecule has 0 aliphatic heterocycles. The molecule has 94 valence electrons. The highest BCUT2D eigenvalue weighted by molar-refractivity contribution is 9.10. The number of nitrogen functional groups attached to an aromatic ring is 1. The summed E-state index contributed by atoms with van der Waals surface area (Å²) in [5.41, 5.74) is 6.85. The van der Waals surface area contributed by atoms with E-state index in [2.05, 4.69) is 30.9 Å². The summed E-state index contributed by atoms with van der Waals surface area (Å²) in [7, 11) is 0. The molecular weight excluding hydrogens is 292 g/mol.